The Balaban J connectivity index is 2.85. The molecule has 0 rings (SSSR count). The summed E-state index contributed by atoms with van der Waals surface area (Å²) in [5.41, 5.74) is 0. The van der Waals surface area contributed by atoms with E-state index in [-0.39, 0.29) is 6.73 Å². The molecule has 0 saturated carbocycles. The highest BCUT2D eigenvalue weighted by Crippen LogP contribution is 2.11. The molecule has 0 fully saturated rings. The topological polar surface area (TPSA) is 32.3 Å². The van der Waals surface area contributed by atoms with Crippen molar-refractivity contribution in [3.63, 3.8) is 0 Å². The Kier molecular flexibility index (Phi) is 15.8. The van der Waals surface area contributed by atoms with Gasteiger partial charge in [0.1, 0.15) is 0 Å². The maximum Gasteiger partial charge on any atom is 0.0931 e. The van der Waals surface area contributed by atoms with Gasteiger partial charge >= 0.3 is 0 Å². The van der Waals surface area contributed by atoms with Crippen LogP contribution in [0.3, 0.4) is 0 Å². The van der Waals surface area contributed by atoms with Crippen molar-refractivity contribution in [1.82, 2.24) is 5.32 Å². The molecule has 0 heterocycles. The number of unbranched alkanes of at least 4 members (excludes halogenated alkanes) is 11. The summed E-state index contributed by atoms with van der Waals surface area (Å²) in [5, 5.41) is 11.5. The predicted octanol–water partition coefficient (Wildman–Crippen LogP) is 4.23. The number of nitrogens with one attached hydrogen (secondary N) is 1. The molecule has 0 saturated heterocycles. The van der Waals surface area contributed by atoms with Crippen LogP contribution in [0, 0.1) is 0 Å². The van der Waals surface area contributed by atoms with E-state index in [0.717, 1.165) is 6.54 Å². The van der Waals surface area contributed by atoms with E-state index >= 15 is 0 Å². The summed E-state index contributed by atoms with van der Waals surface area (Å²) in [6.45, 7) is 3.36. The molecule has 0 amide bonds. The van der Waals surface area contributed by atoms with Crippen LogP contribution < -0.4 is 5.32 Å². The molecule has 0 aliphatic rings. The van der Waals surface area contributed by atoms with Gasteiger partial charge in [-0.2, -0.15) is 0 Å². The molecular weight excluding hydrogens is 210 g/mol. The second-order valence-corrected chi connectivity index (χ2v) is 5.05. The number of rotatable bonds is 14. The predicted molar refractivity (Wildman–Crippen MR) is 76.2 cm³/mol. The van der Waals surface area contributed by atoms with Crippen molar-refractivity contribution in [2.45, 2.75) is 84.0 Å². The molecule has 2 N–H and O–H groups in total. The Morgan fingerprint density at radius 2 is 1.06 bits per heavy atom. The van der Waals surface area contributed by atoms with Gasteiger partial charge in [0.2, 0.25) is 0 Å². The van der Waals surface area contributed by atoms with Gasteiger partial charge in [-0.1, -0.05) is 77.6 Å². The molecule has 2 heteroatoms. The van der Waals surface area contributed by atoms with Crippen LogP contribution in [0.1, 0.15) is 84.0 Å². The summed E-state index contributed by atoms with van der Waals surface area (Å²) >= 11 is 0. The third kappa shape index (κ3) is 15.9. The lowest BCUT2D eigenvalue weighted by Crippen LogP contribution is -2.15. The number of hydrogen-bond donors (Lipinski definition) is 2. The van der Waals surface area contributed by atoms with Crippen molar-refractivity contribution in [3.8, 4) is 0 Å². The van der Waals surface area contributed by atoms with Crippen molar-refractivity contribution >= 4 is 0 Å². The lowest BCUT2D eigenvalue weighted by Gasteiger charge is -2.03. The van der Waals surface area contributed by atoms with Gasteiger partial charge in [0, 0.05) is 0 Å². The Bertz CT molecular complexity index is 114. The Labute approximate surface area is 108 Å². The normalized spacial score (nSPS) is 10.9. The van der Waals surface area contributed by atoms with Crippen LogP contribution in [-0.2, 0) is 0 Å². The van der Waals surface area contributed by atoms with E-state index in [2.05, 4.69) is 12.2 Å². The molecule has 104 valence electrons. The van der Waals surface area contributed by atoms with Gasteiger partial charge in [-0.05, 0) is 13.0 Å². The lowest BCUT2D eigenvalue weighted by molar-refractivity contribution is 0.260. The quantitative estimate of drug-likeness (QED) is 0.353. The van der Waals surface area contributed by atoms with Crippen molar-refractivity contribution in [1.29, 1.82) is 0 Å². The van der Waals surface area contributed by atoms with Crippen LogP contribution in [0.5, 0.6) is 0 Å². The van der Waals surface area contributed by atoms with Crippen molar-refractivity contribution < 1.29 is 5.11 Å². The van der Waals surface area contributed by atoms with Gasteiger partial charge in [0.25, 0.3) is 0 Å². The standard InChI is InChI=1S/C15H33NO/c1-2-3-4-5-6-7-8-9-10-11-12-13-14-16-15-17/h16-17H,2-15H2,1H3. The van der Waals surface area contributed by atoms with E-state index in [1.54, 1.807) is 0 Å². The maximum absolute atomic E-state index is 8.53. The zero-order valence-corrected chi connectivity index (χ0v) is 11.8. The molecule has 0 unspecified atom stereocenters. The van der Waals surface area contributed by atoms with E-state index in [1.807, 2.05) is 0 Å². The van der Waals surface area contributed by atoms with Crippen LogP contribution in [0.2, 0.25) is 0 Å². The minimum atomic E-state index is 0.123. The molecule has 0 atom stereocenters. The molecule has 0 aromatic heterocycles. The van der Waals surface area contributed by atoms with Crippen LogP contribution >= 0.6 is 0 Å². The first-order chi connectivity index (χ1) is 8.41. The SMILES string of the molecule is CCCCCCCCCCCCCCNCO. The van der Waals surface area contributed by atoms with Gasteiger partial charge in [0.05, 0.1) is 6.73 Å². The summed E-state index contributed by atoms with van der Waals surface area (Å²) < 4.78 is 0. The molecular formula is C15H33NO. The zero-order chi connectivity index (χ0) is 12.6. The smallest absolute Gasteiger partial charge is 0.0931 e. The summed E-state index contributed by atoms with van der Waals surface area (Å²) in [4.78, 5) is 0. The minimum Gasteiger partial charge on any atom is -0.381 e. The van der Waals surface area contributed by atoms with Gasteiger partial charge in [-0.25, -0.2) is 0 Å². The Hall–Kier alpha value is -0.0800. The second kappa shape index (κ2) is 15.9. The Morgan fingerprint density at radius 1 is 0.647 bits per heavy atom. The van der Waals surface area contributed by atoms with Crippen LogP contribution in [0.15, 0.2) is 0 Å². The van der Waals surface area contributed by atoms with Crippen LogP contribution in [0.4, 0.5) is 0 Å². The fourth-order valence-corrected chi connectivity index (χ4v) is 2.17. The molecule has 0 spiro atoms. The molecule has 17 heavy (non-hydrogen) atoms. The molecule has 0 bridgehead atoms. The average molecular weight is 243 g/mol. The zero-order valence-electron chi connectivity index (χ0n) is 11.8. The third-order valence-electron chi connectivity index (χ3n) is 3.32. The number of hydrogen-bond acceptors (Lipinski definition) is 2. The first-order valence-corrected chi connectivity index (χ1v) is 7.73. The summed E-state index contributed by atoms with van der Waals surface area (Å²) in [5.74, 6) is 0. The minimum absolute atomic E-state index is 0.123. The summed E-state index contributed by atoms with van der Waals surface area (Å²) in [6.07, 6.45) is 16.7. The monoisotopic (exact) mass is 243 g/mol. The molecule has 0 aromatic carbocycles. The van der Waals surface area contributed by atoms with Crippen molar-refractivity contribution in [2.24, 2.45) is 0 Å². The van der Waals surface area contributed by atoms with E-state index in [1.165, 1.54) is 77.0 Å². The first kappa shape index (κ1) is 16.9. The van der Waals surface area contributed by atoms with E-state index in [9.17, 15) is 0 Å². The highest BCUT2D eigenvalue weighted by Gasteiger charge is 1.93. The van der Waals surface area contributed by atoms with E-state index in [0.29, 0.717) is 0 Å². The number of aliphatic hydroxyl groups is 1. The fourth-order valence-electron chi connectivity index (χ4n) is 2.17. The lowest BCUT2D eigenvalue weighted by atomic mass is 10.1. The van der Waals surface area contributed by atoms with E-state index in [4.69, 9.17) is 5.11 Å². The highest BCUT2D eigenvalue weighted by molar-refractivity contribution is 4.49. The van der Waals surface area contributed by atoms with Crippen LogP contribution in [0.25, 0.3) is 0 Å². The highest BCUT2D eigenvalue weighted by atomic mass is 16.3. The van der Waals surface area contributed by atoms with Gasteiger partial charge in [-0.3, -0.25) is 5.32 Å². The third-order valence-corrected chi connectivity index (χ3v) is 3.32. The summed E-state index contributed by atoms with van der Waals surface area (Å²) in [7, 11) is 0. The van der Waals surface area contributed by atoms with Crippen LogP contribution in [-0.4, -0.2) is 18.4 Å². The molecule has 0 radical (unpaired) electrons. The molecule has 0 aliphatic heterocycles. The largest absolute Gasteiger partial charge is 0.381 e. The second-order valence-electron chi connectivity index (χ2n) is 5.05. The molecule has 0 aromatic rings. The fraction of sp³-hybridized carbons (Fsp3) is 1.00. The van der Waals surface area contributed by atoms with Crippen molar-refractivity contribution in [3.05, 3.63) is 0 Å². The molecule has 2 nitrogen and oxygen atoms in total. The Morgan fingerprint density at radius 3 is 1.47 bits per heavy atom. The average Bonchev–Trinajstić information content (AvgIpc) is 2.35. The van der Waals surface area contributed by atoms with Crippen molar-refractivity contribution in [2.75, 3.05) is 13.3 Å². The first-order valence-electron chi connectivity index (χ1n) is 7.73. The summed E-state index contributed by atoms with van der Waals surface area (Å²) in [6, 6.07) is 0. The van der Waals surface area contributed by atoms with Gasteiger partial charge in [0.15, 0.2) is 0 Å². The maximum atomic E-state index is 8.53. The molecule has 0 aliphatic carbocycles. The van der Waals surface area contributed by atoms with Gasteiger partial charge < -0.3 is 5.11 Å². The van der Waals surface area contributed by atoms with E-state index < -0.39 is 0 Å². The number of aliphatic hydroxyl groups excluding tert-OH is 1. The van der Waals surface area contributed by atoms with Gasteiger partial charge in [-0.15, -0.1) is 0 Å².